The number of unbranched alkanes of at least 4 members (excludes halogenated alkanes) is 3. The van der Waals surface area contributed by atoms with E-state index in [1.54, 1.807) is 19.1 Å². The van der Waals surface area contributed by atoms with E-state index in [0.717, 1.165) is 34.5 Å². The fourth-order valence-corrected chi connectivity index (χ4v) is 5.64. The Hall–Kier alpha value is -4.24. The molecule has 0 aliphatic carbocycles. The number of aromatic nitrogens is 2. The molecule has 8 nitrogen and oxygen atoms in total. The van der Waals surface area contributed by atoms with Crippen LogP contribution in [0.4, 0.5) is 5.13 Å². The lowest BCUT2D eigenvalue weighted by atomic mass is 10.0. The lowest BCUT2D eigenvalue weighted by molar-refractivity contribution is -0.116. The van der Waals surface area contributed by atoms with Crippen LogP contribution in [0.1, 0.15) is 66.1 Å². The molecule has 1 aromatic heterocycles. The van der Waals surface area contributed by atoms with E-state index < -0.39 is 0 Å². The summed E-state index contributed by atoms with van der Waals surface area (Å²) in [5.41, 5.74) is 4.96. The van der Waals surface area contributed by atoms with E-state index in [0.29, 0.717) is 35.2 Å². The third-order valence-corrected chi connectivity index (χ3v) is 8.39. The Morgan fingerprint density at radius 3 is 2.25 bits per heavy atom. The van der Waals surface area contributed by atoms with Gasteiger partial charge >= 0.3 is 0 Å². The Morgan fingerprint density at radius 1 is 0.818 bits per heavy atom. The predicted molar refractivity (Wildman–Crippen MR) is 177 cm³/mol. The maximum atomic E-state index is 13.7. The van der Waals surface area contributed by atoms with Crippen molar-refractivity contribution in [2.24, 2.45) is 0 Å². The van der Waals surface area contributed by atoms with Gasteiger partial charge < -0.3 is 19.7 Å². The normalized spacial score (nSPS) is 10.8. The fourth-order valence-electron chi connectivity index (χ4n) is 4.87. The summed E-state index contributed by atoms with van der Waals surface area (Å²) in [4.78, 5) is 28.4. The summed E-state index contributed by atoms with van der Waals surface area (Å²) in [6.07, 6.45) is 6.55. The van der Waals surface area contributed by atoms with Crippen LogP contribution < -0.4 is 14.8 Å². The monoisotopic (exact) mass is 614 g/mol. The Balaban J connectivity index is 1.41. The number of aryl methyl sites for hydroxylation is 2. The van der Waals surface area contributed by atoms with Gasteiger partial charge in [-0.25, -0.2) is 0 Å². The summed E-state index contributed by atoms with van der Waals surface area (Å²) in [5, 5.41) is 12.4. The molecule has 0 spiro atoms. The highest BCUT2D eigenvalue weighted by atomic mass is 32.1. The number of rotatable bonds is 16. The number of hydrogen-bond acceptors (Lipinski definition) is 7. The number of anilines is 1. The van der Waals surface area contributed by atoms with E-state index in [1.807, 2.05) is 73.7 Å². The van der Waals surface area contributed by atoms with Crippen LogP contribution in [0.15, 0.2) is 66.7 Å². The summed E-state index contributed by atoms with van der Waals surface area (Å²) < 4.78 is 10.8. The molecule has 0 bridgehead atoms. The molecule has 0 fully saturated rings. The molecule has 0 saturated carbocycles. The molecule has 9 heteroatoms. The topological polar surface area (TPSA) is 93.7 Å². The van der Waals surface area contributed by atoms with Crippen molar-refractivity contribution in [1.29, 1.82) is 0 Å². The lowest BCUT2D eigenvalue weighted by Crippen LogP contribution is -2.35. The van der Waals surface area contributed by atoms with Crippen LogP contribution in [0.25, 0.3) is 10.6 Å². The second-order valence-electron chi connectivity index (χ2n) is 10.8. The first-order chi connectivity index (χ1) is 21.4. The highest BCUT2D eigenvalue weighted by molar-refractivity contribution is 7.18. The van der Waals surface area contributed by atoms with Gasteiger partial charge in [-0.05, 0) is 61.6 Å². The maximum Gasteiger partial charge on any atom is 0.253 e. The molecule has 0 saturated heterocycles. The lowest BCUT2D eigenvalue weighted by Gasteiger charge is -2.23. The van der Waals surface area contributed by atoms with E-state index in [9.17, 15) is 9.59 Å². The SMILES string of the molecule is CCCCCCc1ccc(C(=O)N(CCC(=O)Nc2nnc(-c3ccc(C)cc3)s2)CCc2ccc(OC)c(OC)c2)cc1. The van der Waals surface area contributed by atoms with Crippen molar-refractivity contribution in [1.82, 2.24) is 15.1 Å². The van der Waals surface area contributed by atoms with Crippen LogP contribution in [0, 0.1) is 6.92 Å². The van der Waals surface area contributed by atoms with Crippen LogP contribution in [0.3, 0.4) is 0 Å². The van der Waals surface area contributed by atoms with Crippen LogP contribution in [-0.4, -0.2) is 54.2 Å². The summed E-state index contributed by atoms with van der Waals surface area (Å²) in [6, 6.07) is 21.6. The Labute approximate surface area is 264 Å². The van der Waals surface area contributed by atoms with Gasteiger partial charge in [-0.1, -0.05) is 85.6 Å². The molecule has 1 heterocycles. The number of nitrogens with zero attached hydrogens (tertiary/aromatic N) is 3. The van der Waals surface area contributed by atoms with Gasteiger partial charge in [-0.2, -0.15) is 0 Å². The molecule has 2 amide bonds. The van der Waals surface area contributed by atoms with Gasteiger partial charge in [0, 0.05) is 30.6 Å². The molecule has 3 aromatic carbocycles. The molecule has 0 aliphatic heterocycles. The smallest absolute Gasteiger partial charge is 0.253 e. The molecule has 4 aromatic rings. The first kappa shape index (κ1) is 32.7. The zero-order valence-corrected chi connectivity index (χ0v) is 26.9. The van der Waals surface area contributed by atoms with Crippen LogP contribution in [0.5, 0.6) is 11.5 Å². The Kier molecular flexibility index (Phi) is 12.3. The van der Waals surface area contributed by atoms with Crippen molar-refractivity contribution in [3.63, 3.8) is 0 Å². The number of amides is 2. The summed E-state index contributed by atoms with van der Waals surface area (Å²) >= 11 is 1.32. The third-order valence-electron chi connectivity index (χ3n) is 7.50. The first-order valence-corrected chi connectivity index (χ1v) is 16.0. The van der Waals surface area contributed by atoms with Crippen molar-refractivity contribution < 1.29 is 19.1 Å². The maximum absolute atomic E-state index is 13.7. The van der Waals surface area contributed by atoms with Crippen molar-refractivity contribution >= 4 is 28.3 Å². The van der Waals surface area contributed by atoms with Gasteiger partial charge in [0.15, 0.2) is 11.5 Å². The number of methoxy groups -OCH3 is 2. The van der Waals surface area contributed by atoms with Gasteiger partial charge in [0.05, 0.1) is 14.2 Å². The molecular weight excluding hydrogens is 572 g/mol. The van der Waals surface area contributed by atoms with Crippen LogP contribution >= 0.6 is 11.3 Å². The molecule has 44 heavy (non-hydrogen) atoms. The van der Waals surface area contributed by atoms with Gasteiger partial charge in [0.1, 0.15) is 5.01 Å². The summed E-state index contributed by atoms with van der Waals surface area (Å²) in [5.74, 6) is 0.966. The minimum absolute atomic E-state index is 0.103. The zero-order chi connectivity index (χ0) is 31.3. The van der Waals surface area contributed by atoms with Crippen LogP contribution in [0.2, 0.25) is 0 Å². The van der Waals surface area contributed by atoms with Gasteiger partial charge in [0.25, 0.3) is 5.91 Å². The number of carbonyl (C=O) groups is 2. The standard InChI is InChI=1S/C35H42N4O4S/c1-5-6-7-8-9-26-12-17-29(18-13-26)34(41)39(22-20-27-14-19-30(42-3)31(24-27)43-4)23-21-32(40)36-35-38-37-33(44-35)28-15-10-25(2)11-16-28/h10-19,24H,5-9,20-23H2,1-4H3,(H,36,38,40). The Morgan fingerprint density at radius 2 is 1.55 bits per heavy atom. The Bertz CT molecular complexity index is 1500. The number of benzene rings is 3. The number of ether oxygens (including phenoxy) is 2. The molecule has 0 radical (unpaired) electrons. The molecule has 232 valence electrons. The third kappa shape index (κ3) is 9.38. The summed E-state index contributed by atoms with van der Waals surface area (Å²) in [6.45, 7) is 4.94. The van der Waals surface area contributed by atoms with E-state index >= 15 is 0 Å². The minimum Gasteiger partial charge on any atom is -0.493 e. The number of nitrogens with one attached hydrogen (secondary N) is 1. The van der Waals surface area contributed by atoms with E-state index in [1.165, 1.54) is 36.2 Å². The van der Waals surface area contributed by atoms with Gasteiger partial charge in [-0.3, -0.25) is 9.59 Å². The molecule has 0 atom stereocenters. The second-order valence-corrected chi connectivity index (χ2v) is 11.8. The van der Waals surface area contributed by atoms with Crippen LogP contribution in [-0.2, 0) is 17.6 Å². The van der Waals surface area contributed by atoms with Crippen molar-refractivity contribution in [3.05, 3.63) is 89.0 Å². The van der Waals surface area contributed by atoms with Gasteiger partial charge in [0.2, 0.25) is 11.0 Å². The average Bonchev–Trinajstić information content (AvgIpc) is 3.51. The molecule has 4 rings (SSSR count). The summed E-state index contributed by atoms with van der Waals surface area (Å²) in [7, 11) is 3.20. The second kappa shape index (κ2) is 16.6. The fraction of sp³-hybridized carbons (Fsp3) is 0.371. The van der Waals surface area contributed by atoms with E-state index in [4.69, 9.17) is 9.47 Å². The average molecular weight is 615 g/mol. The van der Waals surface area contributed by atoms with Crippen molar-refractivity contribution in [3.8, 4) is 22.1 Å². The van der Waals surface area contributed by atoms with E-state index in [-0.39, 0.29) is 24.8 Å². The molecule has 0 aliphatic rings. The predicted octanol–water partition coefficient (Wildman–Crippen LogP) is 7.37. The van der Waals surface area contributed by atoms with Crippen molar-refractivity contribution in [2.75, 3.05) is 32.6 Å². The van der Waals surface area contributed by atoms with Gasteiger partial charge in [-0.15, -0.1) is 10.2 Å². The first-order valence-electron chi connectivity index (χ1n) is 15.2. The zero-order valence-electron chi connectivity index (χ0n) is 26.1. The number of hydrogen-bond donors (Lipinski definition) is 1. The molecule has 1 N–H and O–H groups in total. The number of carbonyl (C=O) groups excluding carboxylic acids is 2. The van der Waals surface area contributed by atoms with E-state index in [2.05, 4.69) is 22.4 Å². The highest BCUT2D eigenvalue weighted by Crippen LogP contribution is 2.28. The molecule has 0 unspecified atom stereocenters. The highest BCUT2D eigenvalue weighted by Gasteiger charge is 2.19. The van der Waals surface area contributed by atoms with Crippen molar-refractivity contribution in [2.45, 2.75) is 58.8 Å². The molecular formula is C35H42N4O4S. The minimum atomic E-state index is -0.219. The quantitative estimate of drug-likeness (QED) is 0.133. The largest absolute Gasteiger partial charge is 0.493 e.